The molecular weight excluding hydrogens is 270 g/mol. The van der Waals surface area contributed by atoms with Gasteiger partial charge in [0.25, 0.3) is 0 Å². The van der Waals surface area contributed by atoms with Crippen molar-refractivity contribution in [2.75, 3.05) is 11.9 Å². The summed E-state index contributed by atoms with van der Waals surface area (Å²) in [5.74, 6) is -0.518. The Morgan fingerprint density at radius 2 is 2.05 bits per heavy atom. The lowest BCUT2D eigenvalue weighted by Crippen LogP contribution is -2.25. The van der Waals surface area contributed by atoms with Gasteiger partial charge in [0, 0.05) is 6.54 Å². The van der Waals surface area contributed by atoms with Gasteiger partial charge in [-0.15, -0.1) is 0 Å². The molecule has 1 unspecified atom stereocenters. The van der Waals surface area contributed by atoms with Gasteiger partial charge in [-0.2, -0.15) is 4.68 Å². The van der Waals surface area contributed by atoms with Gasteiger partial charge in [-0.1, -0.05) is 37.1 Å². The molecule has 0 aliphatic heterocycles. The highest BCUT2D eigenvalue weighted by molar-refractivity contribution is 5.70. The van der Waals surface area contributed by atoms with Crippen molar-refractivity contribution < 1.29 is 9.90 Å². The number of anilines is 1. The van der Waals surface area contributed by atoms with Gasteiger partial charge in [0.2, 0.25) is 5.95 Å². The molecule has 0 radical (unpaired) electrons. The number of aliphatic carboxylic acids is 1. The van der Waals surface area contributed by atoms with Gasteiger partial charge in [0.05, 0.1) is 11.6 Å². The van der Waals surface area contributed by atoms with Crippen LogP contribution in [0.5, 0.6) is 0 Å². The number of nitrogens with zero attached hydrogens (tertiary/aromatic N) is 4. The second-order valence-corrected chi connectivity index (χ2v) is 5.30. The average Bonchev–Trinajstić information content (AvgIpc) is 2.92. The van der Waals surface area contributed by atoms with Gasteiger partial charge in [-0.05, 0) is 34.9 Å². The molecule has 2 aromatic rings. The van der Waals surface area contributed by atoms with Gasteiger partial charge in [-0.3, -0.25) is 4.79 Å². The van der Waals surface area contributed by atoms with Crippen LogP contribution in [-0.4, -0.2) is 37.8 Å². The lowest BCUT2D eigenvalue weighted by molar-refractivity contribution is -0.141. The van der Waals surface area contributed by atoms with Crippen LogP contribution in [0.1, 0.15) is 20.3 Å². The second kappa shape index (κ2) is 6.83. The van der Waals surface area contributed by atoms with Crippen molar-refractivity contribution >= 4 is 11.9 Å². The van der Waals surface area contributed by atoms with Crippen LogP contribution in [0.4, 0.5) is 5.95 Å². The van der Waals surface area contributed by atoms with Crippen LogP contribution in [0.3, 0.4) is 0 Å². The zero-order valence-corrected chi connectivity index (χ0v) is 12.1. The molecular formula is C14H19N5O2. The maximum Gasteiger partial charge on any atom is 0.308 e. The van der Waals surface area contributed by atoms with E-state index in [1.165, 1.54) is 0 Å². The third-order valence-corrected chi connectivity index (χ3v) is 3.08. The van der Waals surface area contributed by atoms with Crippen LogP contribution < -0.4 is 5.32 Å². The fourth-order valence-corrected chi connectivity index (χ4v) is 2.10. The summed E-state index contributed by atoms with van der Waals surface area (Å²) in [6.45, 7) is 4.30. The molecule has 7 heteroatoms. The standard InChI is InChI=1S/C14H19N5O2/c1-10(2)8-11(13(20)21)9-15-14-16-17-18-19(14)12-6-4-3-5-7-12/h3-7,10-11H,8-9H2,1-2H3,(H,20,21)(H,15,16,18). The number of tetrazole rings is 1. The number of nitrogens with one attached hydrogen (secondary N) is 1. The number of carboxylic acids is 1. The Hall–Kier alpha value is -2.44. The number of hydrogen-bond donors (Lipinski definition) is 2. The van der Waals surface area contributed by atoms with Crippen molar-refractivity contribution in [3.8, 4) is 5.69 Å². The summed E-state index contributed by atoms with van der Waals surface area (Å²) in [7, 11) is 0. The minimum Gasteiger partial charge on any atom is -0.481 e. The highest BCUT2D eigenvalue weighted by Gasteiger charge is 2.20. The van der Waals surface area contributed by atoms with Gasteiger partial charge in [-0.25, -0.2) is 0 Å². The van der Waals surface area contributed by atoms with Gasteiger partial charge >= 0.3 is 5.97 Å². The second-order valence-electron chi connectivity index (χ2n) is 5.30. The molecule has 0 spiro atoms. The number of benzene rings is 1. The molecule has 21 heavy (non-hydrogen) atoms. The smallest absolute Gasteiger partial charge is 0.308 e. The van der Waals surface area contributed by atoms with Crippen molar-refractivity contribution in [2.45, 2.75) is 20.3 Å². The van der Waals surface area contributed by atoms with E-state index in [9.17, 15) is 9.90 Å². The molecule has 0 aliphatic rings. The number of rotatable bonds is 7. The first-order valence-electron chi connectivity index (χ1n) is 6.88. The summed E-state index contributed by atoms with van der Waals surface area (Å²) < 4.78 is 1.55. The predicted molar refractivity (Wildman–Crippen MR) is 78.2 cm³/mol. The molecule has 1 aromatic carbocycles. The first kappa shape index (κ1) is 15.0. The topological polar surface area (TPSA) is 92.9 Å². The monoisotopic (exact) mass is 289 g/mol. The van der Waals surface area contributed by atoms with Crippen molar-refractivity contribution in [1.29, 1.82) is 0 Å². The molecule has 0 bridgehead atoms. The molecule has 0 saturated heterocycles. The van der Waals surface area contributed by atoms with Gasteiger partial charge in [0.15, 0.2) is 0 Å². The van der Waals surface area contributed by atoms with Crippen molar-refractivity contribution in [2.24, 2.45) is 11.8 Å². The molecule has 0 aliphatic carbocycles. The summed E-state index contributed by atoms with van der Waals surface area (Å²) in [6, 6.07) is 9.44. The van der Waals surface area contributed by atoms with E-state index in [1.807, 2.05) is 44.2 Å². The lowest BCUT2D eigenvalue weighted by atomic mass is 9.97. The third kappa shape index (κ3) is 4.01. The zero-order chi connectivity index (χ0) is 15.2. The van der Waals surface area contributed by atoms with E-state index in [0.717, 1.165) is 5.69 Å². The van der Waals surface area contributed by atoms with E-state index in [2.05, 4.69) is 20.8 Å². The Kier molecular flexibility index (Phi) is 4.86. The summed E-state index contributed by atoms with van der Waals surface area (Å²) in [5.41, 5.74) is 0.820. The number of para-hydroxylation sites is 1. The van der Waals surface area contributed by atoms with E-state index >= 15 is 0 Å². The van der Waals surface area contributed by atoms with Crippen LogP contribution >= 0.6 is 0 Å². The molecule has 1 atom stereocenters. The Bertz CT molecular complexity index is 582. The van der Waals surface area contributed by atoms with E-state index in [1.54, 1.807) is 4.68 Å². The molecule has 2 rings (SSSR count). The Balaban J connectivity index is 2.07. The SMILES string of the molecule is CC(C)CC(CNc1nnnn1-c1ccccc1)C(=O)O. The normalized spacial score (nSPS) is 12.3. The molecule has 1 heterocycles. The molecule has 0 fully saturated rings. The molecule has 1 aromatic heterocycles. The van der Waals surface area contributed by atoms with Crippen molar-refractivity contribution in [3.05, 3.63) is 30.3 Å². The van der Waals surface area contributed by atoms with Crippen LogP contribution in [0, 0.1) is 11.8 Å². The number of carbonyl (C=O) groups is 1. The summed E-state index contributed by atoms with van der Waals surface area (Å²) >= 11 is 0. The Morgan fingerprint density at radius 3 is 2.67 bits per heavy atom. The van der Waals surface area contributed by atoms with Crippen molar-refractivity contribution in [1.82, 2.24) is 20.2 Å². The summed E-state index contributed by atoms with van der Waals surface area (Å²) in [5, 5.41) is 23.7. The van der Waals surface area contributed by atoms with Crippen LogP contribution in [0.15, 0.2) is 30.3 Å². The Labute approximate surface area is 123 Å². The fraction of sp³-hybridized carbons (Fsp3) is 0.429. The molecule has 112 valence electrons. The van der Waals surface area contributed by atoms with E-state index in [-0.39, 0.29) is 0 Å². The maximum atomic E-state index is 11.3. The number of carboxylic acid groups (broad SMARTS) is 1. The lowest BCUT2D eigenvalue weighted by Gasteiger charge is -2.15. The highest BCUT2D eigenvalue weighted by atomic mass is 16.4. The first-order valence-corrected chi connectivity index (χ1v) is 6.88. The van der Waals surface area contributed by atoms with Crippen LogP contribution in [0.2, 0.25) is 0 Å². The molecule has 2 N–H and O–H groups in total. The predicted octanol–water partition coefficient (Wildman–Crippen LogP) is 1.82. The van der Waals surface area contributed by atoms with Crippen LogP contribution in [0.25, 0.3) is 5.69 Å². The average molecular weight is 289 g/mol. The highest BCUT2D eigenvalue weighted by Crippen LogP contribution is 2.15. The van der Waals surface area contributed by atoms with Crippen LogP contribution in [-0.2, 0) is 4.79 Å². The minimum absolute atomic E-state index is 0.292. The van der Waals surface area contributed by atoms with Gasteiger partial charge in [0.1, 0.15) is 0 Å². The molecule has 7 nitrogen and oxygen atoms in total. The largest absolute Gasteiger partial charge is 0.481 e. The molecule has 0 saturated carbocycles. The first-order chi connectivity index (χ1) is 10.1. The van der Waals surface area contributed by atoms with E-state index in [4.69, 9.17) is 0 Å². The number of aromatic nitrogens is 4. The van der Waals surface area contributed by atoms with E-state index in [0.29, 0.717) is 24.8 Å². The third-order valence-electron chi connectivity index (χ3n) is 3.08. The summed E-state index contributed by atoms with van der Waals surface area (Å²) in [6.07, 6.45) is 0.606. The minimum atomic E-state index is -0.810. The quantitative estimate of drug-likeness (QED) is 0.807. The number of hydrogen-bond acceptors (Lipinski definition) is 5. The fourth-order valence-electron chi connectivity index (χ4n) is 2.10. The zero-order valence-electron chi connectivity index (χ0n) is 12.1. The van der Waals surface area contributed by atoms with E-state index < -0.39 is 11.9 Å². The molecule has 0 amide bonds. The summed E-state index contributed by atoms with van der Waals surface area (Å²) in [4.78, 5) is 11.3. The van der Waals surface area contributed by atoms with Crippen molar-refractivity contribution in [3.63, 3.8) is 0 Å². The van der Waals surface area contributed by atoms with Gasteiger partial charge < -0.3 is 10.4 Å². The maximum absolute atomic E-state index is 11.3. The Morgan fingerprint density at radius 1 is 1.33 bits per heavy atom.